The lowest BCUT2D eigenvalue weighted by atomic mass is 9.83. The Hall–Kier alpha value is -2.43. The lowest BCUT2D eigenvalue weighted by Gasteiger charge is -2.25. The lowest BCUT2D eigenvalue weighted by Crippen LogP contribution is -2.36. The second kappa shape index (κ2) is 5.75. The molecule has 0 radical (unpaired) electrons. The van der Waals surface area contributed by atoms with Crippen LogP contribution in [0.5, 0.6) is 0 Å². The van der Waals surface area contributed by atoms with Gasteiger partial charge in [0.1, 0.15) is 6.10 Å². The molecule has 114 valence electrons. The van der Waals surface area contributed by atoms with Crippen LogP contribution in [0.25, 0.3) is 0 Å². The van der Waals surface area contributed by atoms with Crippen LogP contribution in [0.4, 0.5) is 0 Å². The SMILES string of the molecule is CC(=O)O[C@H]1C=CC[C@H]2C(=O)N(Cc3ccccc3)C(=O)[C@@H]12. The summed E-state index contributed by atoms with van der Waals surface area (Å²) in [6, 6.07) is 9.39. The van der Waals surface area contributed by atoms with Crippen LogP contribution in [0, 0.1) is 11.8 Å². The third kappa shape index (κ3) is 2.54. The maximum absolute atomic E-state index is 12.6. The van der Waals surface area contributed by atoms with Crippen LogP contribution in [0.1, 0.15) is 18.9 Å². The molecule has 0 unspecified atom stereocenters. The minimum Gasteiger partial charge on any atom is -0.457 e. The summed E-state index contributed by atoms with van der Waals surface area (Å²) in [7, 11) is 0. The van der Waals surface area contributed by atoms with E-state index in [0.29, 0.717) is 6.42 Å². The molecule has 1 aromatic carbocycles. The van der Waals surface area contributed by atoms with Gasteiger partial charge in [-0.05, 0) is 18.1 Å². The van der Waals surface area contributed by atoms with E-state index >= 15 is 0 Å². The van der Waals surface area contributed by atoms with Gasteiger partial charge in [-0.25, -0.2) is 0 Å². The van der Waals surface area contributed by atoms with Gasteiger partial charge in [0.2, 0.25) is 11.8 Å². The van der Waals surface area contributed by atoms with E-state index in [2.05, 4.69) is 0 Å². The zero-order valence-electron chi connectivity index (χ0n) is 12.3. The van der Waals surface area contributed by atoms with E-state index in [1.54, 1.807) is 6.08 Å². The molecule has 2 amide bonds. The van der Waals surface area contributed by atoms with E-state index in [4.69, 9.17) is 4.74 Å². The molecule has 1 aliphatic carbocycles. The fourth-order valence-electron chi connectivity index (χ4n) is 3.14. The van der Waals surface area contributed by atoms with Gasteiger partial charge in [0.05, 0.1) is 18.4 Å². The fourth-order valence-corrected chi connectivity index (χ4v) is 3.14. The van der Waals surface area contributed by atoms with Crippen molar-refractivity contribution in [3.8, 4) is 0 Å². The number of ether oxygens (including phenoxy) is 1. The van der Waals surface area contributed by atoms with Gasteiger partial charge in [0, 0.05) is 6.92 Å². The van der Waals surface area contributed by atoms with E-state index < -0.39 is 23.9 Å². The first-order valence-electron chi connectivity index (χ1n) is 7.31. The van der Waals surface area contributed by atoms with Gasteiger partial charge in [-0.1, -0.05) is 36.4 Å². The molecule has 0 spiro atoms. The second-order valence-corrected chi connectivity index (χ2v) is 5.62. The number of esters is 1. The maximum atomic E-state index is 12.6. The zero-order chi connectivity index (χ0) is 15.7. The van der Waals surface area contributed by atoms with Gasteiger partial charge >= 0.3 is 5.97 Å². The van der Waals surface area contributed by atoms with Crippen LogP contribution >= 0.6 is 0 Å². The van der Waals surface area contributed by atoms with Crippen molar-refractivity contribution in [2.45, 2.75) is 26.0 Å². The van der Waals surface area contributed by atoms with Crippen molar-refractivity contribution >= 4 is 17.8 Å². The summed E-state index contributed by atoms with van der Waals surface area (Å²) in [6.07, 6.45) is 3.39. The fraction of sp³-hybridized carbons (Fsp3) is 0.353. The number of benzene rings is 1. The summed E-state index contributed by atoms with van der Waals surface area (Å²) < 4.78 is 5.20. The highest BCUT2D eigenvalue weighted by Crippen LogP contribution is 2.37. The Kier molecular flexibility index (Phi) is 3.79. The van der Waals surface area contributed by atoms with E-state index in [-0.39, 0.29) is 18.4 Å². The van der Waals surface area contributed by atoms with Crippen molar-refractivity contribution in [1.29, 1.82) is 0 Å². The van der Waals surface area contributed by atoms with E-state index in [9.17, 15) is 14.4 Å². The molecule has 1 fully saturated rings. The summed E-state index contributed by atoms with van der Waals surface area (Å²) in [5, 5.41) is 0. The highest BCUT2D eigenvalue weighted by Gasteiger charge is 2.52. The van der Waals surface area contributed by atoms with Crippen molar-refractivity contribution in [2.75, 3.05) is 0 Å². The van der Waals surface area contributed by atoms with Gasteiger partial charge in [-0.15, -0.1) is 0 Å². The van der Waals surface area contributed by atoms with Gasteiger partial charge < -0.3 is 4.74 Å². The largest absolute Gasteiger partial charge is 0.457 e. The monoisotopic (exact) mass is 299 g/mol. The first-order valence-corrected chi connectivity index (χ1v) is 7.31. The van der Waals surface area contributed by atoms with Crippen molar-refractivity contribution in [3.05, 3.63) is 48.0 Å². The first kappa shape index (κ1) is 14.5. The number of carbonyl (C=O) groups excluding carboxylic acids is 3. The molecule has 5 heteroatoms. The smallest absolute Gasteiger partial charge is 0.303 e. The highest BCUT2D eigenvalue weighted by molar-refractivity contribution is 6.05. The third-order valence-corrected chi connectivity index (χ3v) is 4.12. The topological polar surface area (TPSA) is 63.7 Å². The van der Waals surface area contributed by atoms with Gasteiger partial charge in [0.15, 0.2) is 0 Å². The quantitative estimate of drug-likeness (QED) is 0.484. The van der Waals surface area contributed by atoms with Crippen molar-refractivity contribution < 1.29 is 19.1 Å². The number of amides is 2. The van der Waals surface area contributed by atoms with Crippen LogP contribution in [0.2, 0.25) is 0 Å². The summed E-state index contributed by atoms with van der Waals surface area (Å²) in [5.41, 5.74) is 0.903. The summed E-state index contributed by atoms with van der Waals surface area (Å²) in [5.74, 6) is -1.90. The van der Waals surface area contributed by atoms with Crippen molar-refractivity contribution in [2.24, 2.45) is 11.8 Å². The third-order valence-electron chi connectivity index (χ3n) is 4.12. The Labute approximate surface area is 128 Å². The second-order valence-electron chi connectivity index (χ2n) is 5.62. The molecular weight excluding hydrogens is 282 g/mol. The Morgan fingerprint density at radius 2 is 1.95 bits per heavy atom. The average molecular weight is 299 g/mol. The first-order chi connectivity index (χ1) is 10.6. The average Bonchev–Trinajstić information content (AvgIpc) is 2.74. The number of carbonyl (C=O) groups is 3. The molecule has 0 saturated carbocycles. The molecule has 0 aromatic heterocycles. The highest BCUT2D eigenvalue weighted by atomic mass is 16.5. The minimum absolute atomic E-state index is 0.180. The van der Waals surface area contributed by atoms with E-state index in [1.807, 2.05) is 36.4 Å². The minimum atomic E-state index is -0.645. The number of fused-ring (bicyclic) bond motifs is 1. The lowest BCUT2D eigenvalue weighted by molar-refractivity contribution is -0.150. The number of hydrogen-bond donors (Lipinski definition) is 0. The van der Waals surface area contributed by atoms with Gasteiger partial charge in [0.25, 0.3) is 0 Å². The molecule has 0 N–H and O–H groups in total. The molecule has 5 nitrogen and oxygen atoms in total. The molecule has 3 atom stereocenters. The van der Waals surface area contributed by atoms with Crippen LogP contribution in [-0.2, 0) is 25.7 Å². The molecule has 0 bridgehead atoms. The van der Waals surface area contributed by atoms with Crippen LogP contribution in [0.15, 0.2) is 42.5 Å². The van der Waals surface area contributed by atoms with Gasteiger partial charge in [-0.3, -0.25) is 19.3 Å². The predicted octanol–water partition coefficient (Wildman–Crippen LogP) is 1.68. The Bertz CT molecular complexity index is 637. The maximum Gasteiger partial charge on any atom is 0.303 e. The number of hydrogen-bond acceptors (Lipinski definition) is 4. The van der Waals surface area contributed by atoms with Crippen LogP contribution in [0.3, 0.4) is 0 Å². The Balaban J connectivity index is 1.83. The summed E-state index contributed by atoms with van der Waals surface area (Å²) in [4.78, 5) is 37.6. The molecule has 1 heterocycles. The van der Waals surface area contributed by atoms with Gasteiger partial charge in [-0.2, -0.15) is 0 Å². The summed E-state index contributed by atoms with van der Waals surface area (Å²) in [6.45, 7) is 1.57. The Morgan fingerprint density at radius 3 is 2.64 bits per heavy atom. The molecule has 22 heavy (non-hydrogen) atoms. The van der Waals surface area contributed by atoms with E-state index in [0.717, 1.165) is 5.56 Å². The Morgan fingerprint density at radius 1 is 1.23 bits per heavy atom. The zero-order valence-corrected chi connectivity index (χ0v) is 12.3. The number of imide groups is 1. The molecule has 2 aliphatic rings. The summed E-state index contributed by atoms with van der Waals surface area (Å²) >= 11 is 0. The van der Waals surface area contributed by atoms with Crippen molar-refractivity contribution in [1.82, 2.24) is 4.90 Å². The normalized spacial score (nSPS) is 27.0. The molecule has 3 rings (SSSR count). The number of likely N-dealkylation sites (tertiary alicyclic amines) is 1. The molecule has 1 aromatic rings. The molecular formula is C17H17NO4. The molecule has 1 aliphatic heterocycles. The number of nitrogens with zero attached hydrogens (tertiary/aromatic N) is 1. The van der Waals surface area contributed by atoms with Crippen molar-refractivity contribution in [3.63, 3.8) is 0 Å². The predicted molar refractivity (Wildman–Crippen MR) is 78.3 cm³/mol. The van der Waals surface area contributed by atoms with Crippen LogP contribution < -0.4 is 0 Å². The number of allylic oxidation sites excluding steroid dienone is 1. The standard InChI is InChI=1S/C17H17NO4/c1-11(19)22-14-9-5-8-13-15(14)17(21)18(16(13)20)10-12-6-3-2-4-7-12/h2-7,9,13-15H,8,10H2,1H3/t13-,14+,15-/m1/s1. The number of rotatable bonds is 3. The molecule has 1 saturated heterocycles. The van der Waals surface area contributed by atoms with E-state index in [1.165, 1.54) is 11.8 Å². The van der Waals surface area contributed by atoms with Crippen LogP contribution in [-0.4, -0.2) is 28.8 Å².